The third-order valence-electron chi connectivity index (χ3n) is 3.87. The Morgan fingerprint density at radius 3 is 1.73 bits per heavy atom. The van der Waals surface area contributed by atoms with Crippen LogP contribution in [0.2, 0.25) is 0 Å². The highest BCUT2D eigenvalue weighted by atomic mass is 16.8. The second kappa shape index (κ2) is 6.05. The van der Waals surface area contributed by atoms with Gasteiger partial charge in [-0.3, -0.25) is 13.9 Å². The molecule has 0 N–H and O–H groups in total. The topological polar surface area (TPSA) is 237 Å². The normalized spacial score (nSPS) is 11.4. The first-order valence-electron chi connectivity index (χ1n) is 7.85. The van der Waals surface area contributed by atoms with Gasteiger partial charge in [0.25, 0.3) is 35.0 Å². The van der Waals surface area contributed by atoms with Gasteiger partial charge in [-0.15, -0.1) is 20.4 Å². The largest absolute Gasteiger partial charge is 0.409 e. The number of aryl methyl sites for hydroxylation is 1. The number of aromatic nitrogens is 10. The molecule has 18 heteroatoms. The molecular weight excluding hydrogens is 412 g/mol. The van der Waals surface area contributed by atoms with Gasteiger partial charge < -0.3 is 24.5 Å². The summed E-state index contributed by atoms with van der Waals surface area (Å²) in [6.07, 6.45) is 0. The van der Waals surface area contributed by atoms with Crippen molar-refractivity contribution in [1.82, 2.24) is 35.9 Å². The average molecular weight is 418 g/mol. The molecular formula is C12H6N10O8. The highest BCUT2D eigenvalue weighted by molar-refractivity contribution is 5.66. The molecule has 0 saturated carbocycles. The molecule has 5 aromatic heterocycles. The zero-order valence-electron chi connectivity index (χ0n) is 14.7. The average Bonchev–Trinajstić information content (AvgIpc) is 3.51. The van der Waals surface area contributed by atoms with E-state index in [9.17, 15) is 15.6 Å². The molecule has 0 bridgehead atoms. The molecule has 0 saturated heterocycles. The maximum absolute atomic E-state index is 12.1. The van der Waals surface area contributed by atoms with Crippen LogP contribution in [0.5, 0.6) is 0 Å². The molecule has 0 spiro atoms. The van der Waals surface area contributed by atoms with Crippen LogP contribution in [0.3, 0.4) is 0 Å². The van der Waals surface area contributed by atoms with Crippen molar-refractivity contribution in [2.75, 3.05) is 0 Å². The quantitative estimate of drug-likeness (QED) is 0.305. The molecule has 152 valence electrons. The Kier molecular flexibility index (Phi) is 3.47. The second-order valence-corrected chi connectivity index (χ2v) is 5.68. The first-order chi connectivity index (χ1) is 14.4. The summed E-state index contributed by atoms with van der Waals surface area (Å²) >= 11 is 0. The van der Waals surface area contributed by atoms with E-state index in [1.54, 1.807) is 0 Å². The van der Waals surface area contributed by atoms with E-state index in [2.05, 4.69) is 49.8 Å². The second-order valence-electron chi connectivity index (χ2n) is 5.68. The van der Waals surface area contributed by atoms with Crippen molar-refractivity contribution in [3.63, 3.8) is 0 Å². The van der Waals surface area contributed by atoms with Gasteiger partial charge in [0.15, 0.2) is 0 Å². The maximum Gasteiger partial charge on any atom is 0.317 e. The van der Waals surface area contributed by atoms with Crippen LogP contribution in [0.15, 0.2) is 22.7 Å². The minimum absolute atomic E-state index is 0.00759. The summed E-state index contributed by atoms with van der Waals surface area (Å²) in [6.45, 7) is 2.90. The standard InChI is InChI=1S/C12H6N10O8/c1-3-7(21(24)28-17-3)11-15-16-12(27-11)8-6(19-30-22(8)25)10-14-13-9(26-10)5-4(2)20(23)29-18-5/h1-2H3. The molecule has 0 amide bonds. The van der Waals surface area contributed by atoms with Gasteiger partial charge in [-0.25, -0.2) is 0 Å². The number of hydrogen-bond acceptors (Lipinski definition) is 15. The van der Waals surface area contributed by atoms with E-state index in [0.717, 1.165) is 0 Å². The summed E-state index contributed by atoms with van der Waals surface area (Å²) in [6, 6.07) is 0. The fourth-order valence-electron chi connectivity index (χ4n) is 2.43. The van der Waals surface area contributed by atoms with Crippen molar-refractivity contribution < 1.29 is 37.4 Å². The van der Waals surface area contributed by atoms with Crippen molar-refractivity contribution >= 4 is 0 Å². The molecule has 30 heavy (non-hydrogen) atoms. The number of rotatable bonds is 4. The summed E-state index contributed by atoms with van der Waals surface area (Å²) in [5, 5.41) is 60.5. The van der Waals surface area contributed by atoms with Crippen LogP contribution in [-0.2, 0) is 0 Å². The molecule has 0 aromatic carbocycles. The number of nitrogens with zero attached hydrogens (tertiary/aromatic N) is 10. The molecule has 0 aliphatic heterocycles. The third-order valence-corrected chi connectivity index (χ3v) is 3.87. The van der Waals surface area contributed by atoms with E-state index in [-0.39, 0.29) is 72.4 Å². The van der Waals surface area contributed by atoms with Gasteiger partial charge in [-0.1, -0.05) is 0 Å². The SMILES string of the molecule is Cc1no[n+]([O-])c1-c1nnc(-c2c(-c3nnc(-c4no[n+]([O-])c4C)o3)no[n+]2[O-])o1. The van der Waals surface area contributed by atoms with E-state index in [4.69, 9.17) is 8.83 Å². The van der Waals surface area contributed by atoms with Crippen molar-refractivity contribution in [2.45, 2.75) is 13.8 Å². The fraction of sp³-hybridized carbons (Fsp3) is 0.167. The van der Waals surface area contributed by atoms with E-state index in [0.29, 0.717) is 0 Å². The van der Waals surface area contributed by atoms with Crippen molar-refractivity contribution in [3.05, 3.63) is 27.0 Å². The fourth-order valence-corrected chi connectivity index (χ4v) is 2.43. The van der Waals surface area contributed by atoms with Gasteiger partial charge in [0.1, 0.15) is 0 Å². The minimum atomic E-state index is -0.369. The van der Waals surface area contributed by atoms with E-state index in [1.807, 2.05) is 0 Å². The minimum Gasteiger partial charge on any atom is -0.409 e. The van der Waals surface area contributed by atoms with Crippen molar-refractivity contribution in [2.24, 2.45) is 0 Å². The van der Waals surface area contributed by atoms with Crippen LogP contribution in [0, 0.1) is 29.5 Å². The van der Waals surface area contributed by atoms with Crippen LogP contribution in [0.1, 0.15) is 11.4 Å². The number of hydrogen-bond donors (Lipinski definition) is 0. The first kappa shape index (κ1) is 17.2. The van der Waals surface area contributed by atoms with E-state index >= 15 is 0 Å². The van der Waals surface area contributed by atoms with Gasteiger partial charge >= 0.3 is 11.4 Å². The zero-order chi connectivity index (χ0) is 21.0. The summed E-state index contributed by atoms with van der Waals surface area (Å²) in [4.78, 5) is 0.190. The van der Waals surface area contributed by atoms with Crippen LogP contribution < -0.4 is 14.7 Å². The predicted molar refractivity (Wildman–Crippen MR) is 80.4 cm³/mol. The Labute approximate surface area is 161 Å². The molecule has 0 aliphatic rings. The lowest BCUT2D eigenvalue weighted by molar-refractivity contribution is -0.806. The summed E-state index contributed by atoms with van der Waals surface area (Å²) in [5.74, 6) is -1.09. The van der Waals surface area contributed by atoms with E-state index in [1.165, 1.54) is 13.8 Å². The molecule has 0 atom stereocenters. The van der Waals surface area contributed by atoms with Gasteiger partial charge in [0.2, 0.25) is 11.4 Å². The van der Waals surface area contributed by atoms with Crippen molar-refractivity contribution in [3.8, 4) is 46.3 Å². The molecule has 5 rings (SSSR count). The van der Waals surface area contributed by atoms with Gasteiger partial charge in [-0.05, 0) is 14.7 Å². The van der Waals surface area contributed by atoms with Gasteiger partial charge in [-0.2, -0.15) is 0 Å². The smallest absolute Gasteiger partial charge is 0.317 e. The predicted octanol–water partition coefficient (Wildman–Crippen LogP) is -1.40. The Morgan fingerprint density at radius 2 is 1.10 bits per heavy atom. The molecule has 0 fully saturated rings. The molecule has 0 unspecified atom stereocenters. The lowest BCUT2D eigenvalue weighted by Gasteiger charge is -1.91. The highest BCUT2D eigenvalue weighted by Crippen LogP contribution is 2.30. The molecule has 18 nitrogen and oxygen atoms in total. The van der Waals surface area contributed by atoms with Gasteiger partial charge in [0.05, 0.1) is 10.3 Å². The molecule has 5 aromatic rings. The van der Waals surface area contributed by atoms with Crippen LogP contribution in [-0.4, -0.2) is 35.9 Å². The Bertz CT molecular complexity index is 1360. The first-order valence-corrected chi connectivity index (χ1v) is 7.85. The Hall–Kier alpha value is -4.90. The van der Waals surface area contributed by atoms with Gasteiger partial charge in [0, 0.05) is 19.0 Å². The monoisotopic (exact) mass is 418 g/mol. The molecule has 0 aliphatic carbocycles. The molecule has 5 heterocycles. The Morgan fingerprint density at radius 1 is 0.600 bits per heavy atom. The zero-order valence-corrected chi connectivity index (χ0v) is 14.7. The van der Waals surface area contributed by atoms with Crippen LogP contribution in [0.25, 0.3) is 46.3 Å². The maximum atomic E-state index is 12.1. The third kappa shape index (κ3) is 2.43. The summed E-state index contributed by atoms with van der Waals surface area (Å²) in [5.41, 5.74) is -0.510. The lowest BCUT2D eigenvalue weighted by atomic mass is 10.3. The highest BCUT2D eigenvalue weighted by Gasteiger charge is 2.35. The summed E-state index contributed by atoms with van der Waals surface area (Å²) < 4.78 is 24.2. The molecule has 0 radical (unpaired) electrons. The van der Waals surface area contributed by atoms with Crippen molar-refractivity contribution in [1.29, 1.82) is 0 Å². The van der Waals surface area contributed by atoms with Crippen LogP contribution in [0.4, 0.5) is 0 Å². The lowest BCUT2D eigenvalue weighted by Crippen LogP contribution is -2.25. The van der Waals surface area contributed by atoms with Crippen LogP contribution >= 0.6 is 0 Å². The Balaban J connectivity index is 1.56. The summed E-state index contributed by atoms with van der Waals surface area (Å²) in [7, 11) is 0. The van der Waals surface area contributed by atoms with E-state index < -0.39 is 0 Å².